The molecule has 3 aliphatic rings. The standard InChI is InChI=1S/C21H32O4/c1-11(2)19-16-9-18(22)12(3)14-6-7-21(24,10-25-5)17(14)8-15(16)13(4)20(19)23/h8,11-15,18,22,24H,6-7,9-10H2,1-5H3/b17-8+. The van der Waals surface area contributed by atoms with Crippen LogP contribution in [0.15, 0.2) is 22.8 Å². The van der Waals surface area contributed by atoms with E-state index in [1.807, 2.05) is 6.92 Å². The topological polar surface area (TPSA) is 66.8 Å². The van der Waals surface area contributed by atoms with Gasteiger partial charge in [0, 0.05) is 18.9 Å². The van der Waals surface area contributed by atoms with E-state index in [9.17, 15) is 15.0 Å². The first-order chi connectivity index (χ1) is 11.7. The quantitative estimate of drug-likeness (QED) is 0.770. The molecule has 140 valence electrons. The summed E-state index contributed by atoms with van der Waals surface area (Å²) in [6, 6.07) is 0. The lowest BCUT2D eigenvalue weighted by atomic mass is 9.74. The molecule has 0 aromatic rings. The lowest BCUT2D eigenvalue weighted by molar-refractivity contribution is -0.118. The van der Waals surface area contributed by atoms with Gasteiger partial charge < -0.3 is 14.9 Å². The molecule has 0 saturated heterocycles. The number of ketones is 1. The van der Waals surface area contributed by atoms with Crippen LogP contribution in [0.3, 0.4) is 0 Å². The number of aliphatic hydroxyl groups excluding tert-OH is 1. The fourth-order valence-corrected chi connectivity index (χ4v) is 5.33. The second-order valence-corrected chi connectivity index (χ2v) is 8.63. The van der Waals surface area contributed by atoms with Gasteiger partial charge in [-0.3, -0.25) is 4.79 Å². The van der Waals surface area contributed by atoms with E-state index < -0.39 is 11.7 Å². The summed E-state index contributed by atoms with van der Waals surface area (Å²) in [6.45, 7) is 8.42. The first-order valence-corrected chi connectivity index (χ1v) is 9.60. The maximum Gasteiger partial charge on any atom is 0.162 e. The Morgan fingerprint density at radius 2 is 2.04 bits per heavy atom. The molecule has 2 N–H and O–H groups in total. The number of aliphatic hydroxyl groups is 2. The van der Waals surface area contributed by atoms with E-state index in [0.717, 1.165) is 23.1 Å². The monoisotopic (exact) mass is 348 g/mol. The highest BCUT2D eigenvalue weighted by atomic mass is 16.5. The maximum absolute atomic E-state index is 12.8. The van der Waals surface area contributed by atoms with Crippen LogP contribution in [0.4, 0.5) is 0 Å². The molecule has 1 fully saturated rings. The van der Waals surface area contributed by atoms with Gasteiger partial charge in [0.25, 0.3) is 0 Å². The summed E-state index contributed by atoms with van der Waals surface area (Å²) < 4.78 is 5.30. The van der Waals surface area contributed by atoms with Crippen molar-refractivity contribution in [3.63, 3.8) is 0 Å². The first kappa shape index (κ1) is 18.8. The molecule has 3 aliphatic carbocycles. The van der Waals surface area contributed by atoms with Gasteiger partial charge in [-0.1, -0.05) is 39.3 Å². The fourth-order valence-electron chi connectivity index (χ4n) is 5.33. The molecule has 4 nitrogen and oxygen atoms in total. The van der Waals surface area contributed by atoms with Gasteiger partial charge in [0.2, 0.25) is 0 Å². The zero-order chi connectivity index (χ0) is 18.5. The molecule has 3 rings (SSSR count). The average molecular weight is 348 g/mol. The summed E-state index contributed by atoms with van der Waals surface area (Å²) >= 11 is 0. The zero-order valence-corrected chi connectivity index (χ0v) is 16.1. The minimum Gasteiger partial charge on any atom is -0.392 e. The van der Waals surface area contributed by atoms with Crippen molar-refractivity contribution in [1.29, 1.82) is 0 Å². The van der Waals surface area contributed by atoms with Crippen LogP contribution >= 0.6 is 0 Å². The van der Waals surface area contributed by atoms with Crippen molar-refractivity contribution in [3.05, 3.63) is 22.8 Å². The van der Waals surface area contributed by atoms with Crippen LogP contribution in [0.5, 0.6) is 0 Å². The molecule has 0 aromatic carbocycles. The molecule has 0 aromatic heterocycles. The number of methoxy groups -OCH3 is 1. The predicted octanol–water partition coefficient (Wildman–Crippen LogP) is 2.89. The second kappa shape index (κ2) is 6.64. The normalized spacial score (nSPS) is 43.6. The molecule has 6 unspecified atom stereocenters. The number of hydrogen-bond acceptors (Lipinski definition) is 4. The highest BCUT2D eigenvalue weighted by Gasteiger charge is 2.49. The molecular weight excluding hydrogens is 316 g/mol. The van der Waals surface area contributed by atoms with E-state index in [-0.39, 0.29) is 42.0 Å². The number of hydrogen-bond donors (Lipinski definition) is 2. The number of ether oxygens (including phenoxy) is 1. The van der Waals surface area contributed by atoms with Gasteiger partial charge in [-0.05, 0) is 48.2 Å². The molecule has 0 spiro atoms. The van der Waals surface area contributed by atoms with Gasteiger partial charge in [0.15, 0.2) is 5.78 Å². The number of allylic oxidation sites excluding steroid dienone is 2. The van der Waals surface area contributed by atoms with E-state index in [4.69, 9.17) is 4.74 Å². The molecule has 0 heterocycles. The van der Waals surface area contributed by atoms with Crippen LogP contribution in [0.25, 0.3) is 0 Å². The minimum absolute atomic E-state index is 0.00830. The van der Waals surface area contributed by atoms with Crippen molar-refractivity contribution >= 4 is 5.78 Å². The van der Waals surface area contributed by atoms with Gasteiger partial charge in [0.1, 0.15) is 5.60 Å². The largest absolute Gasteiger partial charge is 0.392 e. The van der Waals surface area contributed by atoms with Crippen LogP contribution in [0.1, 0.15) is 47.0 Å². The van der Waals surface area contributed by atoms with Crippen molar-refractivity contribution in [3.8, 4) is 0 Å². The summed E-state index contributed by atoms with van der Waals surface area (Å²) in [5, 5.41) is 22.0. The Morgan fingerprint density at radius 3 is 2.64 bits per heavy atom. The lowest BCUT2D eigenvalue weighted by Gasteiger charge is -2.35. The van der Waals surface area contributed by atoms with Crippen LogP contribution in [0.2, 0.25) is 0 Å². The Balaban J connectivity index is 2.14. The predicted molar refractivity (Wildman–Crippen MR) is 96.9 cm³/mol. The van der Waals surface area contributed by atoms with E-state index in [1.54, 1.807) is 7.11 Å². The number of carbonyl (C=O) groups excluding carboxylic acids is 1. The number of Topliss-reactive ketones (excluding diaryl/α,β-unsaturated/α-hetero) is 1. The summed E-state index contributed by atoms with van der Waals surface area (Å²) in [5.41, 5.74) is 1.99. The summed E-state index contributed by atoms with van der Waals surface area (Å²) in [6.07, 6.45) is 3.75. The maximum atomic E-state index is 12.8. The molecule has 1 saturated carbocycles. The van der Waals surface area contributed by atoms with E-state index in [1.165, 1.54) is 0 Å². The van der Waals surface area contributed by atoms with E-state index in [2.05, 4.69) is 26.8 Å². The molecule has 0 bridgehead atoms. The van der Waals surface area contributed by atoms with Crippen molar-refractivity contribution in [2.24, 2.45) is 29.6 Å². The number of rotatable bonds is 3. The number of fused-ring (bicyclic) bond motifs is 2. The van der Waals surface area contributed by atoms with Crippen molar-refractivity contribution in [2.45, 2.75) is 58.7 Å². The van der Waals surface area contributed by atoms with E-state index >= 15 is 0 Å². The highest BCUT2D eigenvalue weighted by Crippen LogP contribution is 2.51. The van der Waals surface area contributed by atoms with Crippen molar-refractivity contribution < 1.29 is 19.7 Å². The third-order valence-electron chi connectivity index (χ3n) is 6.76. The van der Waals surface area contributed by atoms with Crippen LogP contribution < -0.4 is 0 Å². The van der Waals surface area contributed by atoms with Gasteiger partial charge >= 0.3 is 0 Å². The Labute approximate surface area is 151 Å². The molecule has 0 aliphatic heterocycles. The lowest BCUT2D eigenvalue weighted by Crippen LogP contribution is -2.37. The SMILES string of the molecule is COCC1(O)CCC2/C1=C\C1C(=C(C(C)C)C(=O)C1C)CC(O)C2C. The summed E-state index contributed by atoms with van der Waals surface area (Å²) in [5.74, 6) is 0.456. The minimum atomic E-state index is -0.973. The molecule has 0 amide bonds. The molecule has 25 heavy (non-hydrogen) atoms. The third-order valence-corrected chi connectivity index (χ3v) is 6.76. The van der Waals surface area contributed by atoms with E-state index in [0.29, 0.717) is 12.8 Å². The Hall–Kier alpha value is -0.970. The van der Waals surface area contributed by atoms with Gasteiger partial charge in [-0.2, -0.15) is 0 Å². The molecule has 4 heteroatoms. The number of carbonyl (C=O) groups is 1. The smallest absolute Gasteiger partial charge is 0.162 e. The summed E-state index contributed by atoms with van der Waals surface area (Å²) in [7, 11) is 1.61. The van der Waals surface area contributed by atoms with Crippen molar-refractivity contribution in [2.75, 3.05) is 13.7 Å². The molecular formula is C21H32O4. The van der Waals surface area contributed by atoms with Crippen molar-refractivity contribution in [1.82, 2.24) is 0 Å². The highest BCUT2D eigenvalue weighted by molar-refractivity contribution is 6.01. The fraction of sp³-hybridized carbons (Fsp3) is 0.762. The van der Waals surface area contributed by atoms with Crippen LogP contribution in [0, 0.1) is 29.6 Å². The molecule has 6 atom stereocenters. The summed E-state index contributed by atoms with van der Waals surface area (Å²) in [4.78, 5) is 12.8. The van der Waals surface area contributed by atoms with Crippen LogP contribution in [-0.4, -0.2) is 41.4 Å². The van der Waals surface area contributed by atoms with Gasteiger partial charge in [-0.15, -0.1) is 0 Å². The first-order valence-electron chi connectivity index (χ1n) is 9.60. The second-order valence-electron chi connectivity index (χ2n) is 8.63. The Kier molecular flexibility index (Phi) is 5.00. The Bertz CT molecular complexity index is 617. The Morgan fingerprint density at radius 1 is 1.36 bits per heavy atom. The zero-order valence-electron chi connectivity index (χ0n) is 16.1. The van der Waals surface area contributed by atoms with Gasteiger partial charge in [-0.25, -0.2) is 0 Å². The molecule has 0 radical (unpaired) electrons. The third kappa shape index (κ3) is 2.92. The van der Waals surface area contributed by atoms with Crippen LogP contribution in [-0.2, 0) is 9.53 Å². The van der Waals surface area contributed by atoms with Gasteiger partial charge in [0.05, 0.1) is 12.7 Å². The average Bonchev–Trinajstić information content (AvgIpc) is 2.96.